The van der Waals surface area contributed by atoms with E-state index in [0.717, 1.165) is 25.7 Å². The predicted octanol–water partition coefficient (Wildman–Crippen LogP) is 2.38. The van der Waals surface area contributed by atoms with E-state index in [9.17, 15) is 13.6 Å². The molecule has 29 heavy (non-hydrogen) atoms. The van der Waals surface area contributed by atoms with Crippen LogP contribution in [0.4, 0.5) is 8.78 Å². The predicted molar refractivity (Wildman–Crippen MR) is 112 cm³/mol. The van der Waals surface area contributed by atoms with Gasteiger partial charge in [-0.05, 0) is 39.1 Å². The maximum absolute atomic E-state index is 14.3. The topological polar surface area (TPSA) is 60.0 Å². The Hall–Kier alpha value is -2.22. The summed E-state index contributed by atoms with van der Waals surface area (Å²) in [7, 11) is 8.74. The first kappa shape index (κ1) is 23.1. The number of nitrogens with one attached hydrogen (secondary N) is 2. The third-order valence-electron chi connectivity index (χ3n) is 5.66. The van der Waals surface area contributed by atoms with Gasteiger partial charge in [0.05, 0.1) is 11.5 Å². The highest BCUT2D eigenvalue weighted by Crippen LogP contribution is 2.38. The summed E-state index contributed by atoms with van der Waals surface area (Å²) in [4.78, 5) is 20.3. The number of nitrogens with zero attached hydrogens (tertiary/aromatic N) is 3. The van der Waals surface area contributed by atoms with E-state index >= 15 is 0 Å². The molecule has 2 N–H and O–H groups in total. The van der Waals surface area contributed by atoms with Crippen molar-refractivity contribution in [2.24, 2.45) is 10.4 Å². The van der Waals surface area contributed by atoms with Gasteiger partial charge in [-0.1, -0.05) is 18.9 Å². The number of amides is 1. The molecule has 162 valence electrons. The Morgan fingerprint density at radius 3 is 2.21 bits per heavy atom. The molecular weight excluding hydrogens is 376 g/mol. The molecule has 0 saturated heterocycles. The number of hydrogen-bond acceptors (Lipinski definition) is 3. The summed E-state index contributed by atoms with van der Waals surface area (Å²) in [6.45, 7) is 0.740. The van der Waals surface area contributed by atoms with Crippen LogP contribution < -0.4 is 10.6 Å². The number of carbonyl (C=O) groups is 1. The van der Waals surface area contributed by atoms with Gasteiger partial charge in [0.25, 0.3) is 0 Å². The molecule has 0 radical (unpaired) electrons. The third kappa shape index (κ3) is 5.44. The van der Waals surface area contributed by atoms with Crippen LogP contribution in [0.1, 0.15) is 37.3 Å². The number of halogens is 2. The molecule has 0 bridgehead atoms. The summed E-state index contributed by atoms with van der Waals surface area (Å²) in [5.41, 5.74) is -0.407. The smallest absolute Gasteiger partial charge is 0.230 e. The van der Waals surface area contributed by atoms with E-state index in [1.54, 1.807) is 45.0 Å². The quantitative estimate of drug-likeness (QED) is 0.536. The van der Waals surface area contributed by atoms with Crippen molar-refractivity contribution in [3.63, 3.8) is 0 Å². The maximum Gasteiger partial charge on any atom is 0.230 e. The standard InChI is InChI=1S/C21H33F2N5O/c1-24-20(26-14-21(11-6-7-12-21)19(29)28(4)5)25-13-17(27(2)3)18-15(22)9-8-10-16(18)23/h8-10,17H,6-7,11-14H2,1-5H3,(H2,24,25,26). The van der Waals surface area contributed by atoms with E-state index in [1.165, 1.54) is 18.2 Å². The molecule has 0 heterocycles. The van der Waals surface area contributed by atoms with Gasteiger partial charge in [0.1, 0.15) is 11.6 Å². The lowest BCUT2D eigenvalue weighted by molar-refractivity contribution is -0.138. The van der Waals surface area contributed by atoms with Crippen LogP contribution in [0.15, 0.2) is 23.2 Å². The Kier molecular flexibility index (Phi) is 7.96. The molecule has 1 aliphatic rings. The molecule has 0 spiro atoms. The first-order valence-electron chi connectivity index (χ1n) is 9.98. The van der Waals surface area contributed by atoms with Crippen molar-refractivity contribution in [2.75, 3.05) is 48.3 Å². The van der Waals surface area contributed by atoms with Gasteiger partial charge in [0.2, 0.25) is 5.91 Å². The molecule has 1 atom stereocenters. The molecule has 0 aliphatic heterocycles. The number of aliphatic imine (C=N–C) groups is 1. The number of hydrogen-bond donors (Lipinski definition) is 2. The molecule has 1 aromatic rings. The minimum atomic E-state index is -0.574. The molecule has 8 heteroatoms. The van der Waals surface area contributed by atoms with Gasteiger partial charge in [-0.25, -0.2) is 8.78 Å². The summed E-state index contributed by atoms with van der Waals surface area (Å²) in [6, 6.07) is 3.37. The van der Waals surface area contributed by atoms with Gasteiger partial charge >= 0.3 is 0 Å². The molecular formula is C21H33F2N5O. The molecule has 1 aliphatic carbocycles. The number of benzene rings is 1. The van der Waals surface area contributed by atoms with Crippen molar-refractivity contribution in [3.05, 3.63) is 35.4 Å². The van der Waals surface area contributed by atoms with Crippen LogP contribution >= 0.6 is 0 Å². The van der Waals surface area contributed by atoms with Crippen LogP contribution in [0.5, 0.6) is 0 Å². The molecule has 1 saturated carbocycles. The average molecular weight is 410 g/mol. The highest BCUT2D eigenvalue weighted by atomic mass is 19.1. The van der Waals surface area contributed by atoms with Crippen molar-refractivity contribution in [1.82, 2.24) is 20.4 Å². The average Bonchev–Trinajstić information content (AvgIpc) is 3.15. The number of rotatable bonds is 7. The largest absolute Gasteiger partial charge is 0.355 e. The summed E-state index contributed by atoms with van der Waals surface area (Å²) < 4.78 is 28.5. The van der Waals surface area contributed by atoms with Crippen LogP contribution in [0.25, 0.3) is 0 Å². The van der Waals surface area contributed by atoms with E-state index < -0.39 is 23.1 Å². The van der Waals surface area contributed by atoms with Crippen LogP contribution in [-0.2, 0) is 4.79 Å². The van der Waals surface area contributed by atoms with E-state index in [1.807, 2.05) is 0 Å². The fourth-order valence-electron chi connectivity index (χ4n) is 4.03. The zero-order chi connectivity index (χ0) is 21.6. The lowest BCUT2D eigenvalue weighted by Crippen LogP contribution is -2.50. The minimum absolute atomic E-state index is 0.0236. The Morgan fingerprint density at radius 2 is 1.72 bits per heavy atom. The Morgan fingerprint density at radius 1 is 1.14 bits per heavy atom. The second kappa shape index (κ2) is 10.0. The zero-order valence-corrected chi connectivity index (χ0v) is 18.1. The van der Waals surface area contributed by atoms with Gasteiger partial charge in [-0.3, -0.25) is 9.79 Å². The van der Waals surface area contributed by atoms with Gasteiger partial charge in [-0.15, -0.1) is 0 Å². The van der Waals surface area contributed by atoms with Crippen LogP contribution in [0.2, 0.25) is 0 Å². The summed E-state index contributed by atoms with van der Waals surface area (Å²) in [6.07, 6.45) is 3.74. The molecule has 1 unspecified atom stereocenters. The van der Waals surface area contributed by atoms with Gasteiger partial charge in [0, 0.05) is 39.8 Å². The van der Waals surface area contributed by atoms with Crippen LogP contribution in [-0.4, -0.2) is 70.0 Å². The van der Waals surface area contributed by atoms with Crippen molar-refractivity contribution in [2.45, 2.75) is 31.7 Å². The van der Waals surface area contributed by atoms with E-state index in [0.29, 0.717) is 12.5 Å². The number of guanidine groups is 1. The second-order valence-corrected chi connectivity index (χ2v) is 8.11. The summed E-state index contributed by atoms with van der Waals surface area (Å²) in [5, 5.41) is 6.40. The Labute approximate surface area is 172 Å². The van der Waals surface area contributed by atoms with E-state index in [4.69, 9.17) is 0 Å². The first-order valence-corrected chi connectivity index (χ1v) is 9.98. The SMILES string of the molecule is CN=C(NCC(c1c(F)cccc1F)N(C)C)NCC1(C(=O)N(C)C)CCCC1. The lowest BCUT2D eigenvalue weighted by Gasteiger charge is -2.32. The monoisotopic (exact) mass is 409 g/mol. The van der Waals surface area contributed by atoms with Crippen LogP contribution in [0.3, 0.4) is 0 Å². The van der Waals surface area contributed by atoms with Crippen molar-refractivity contribution in [3.8, 4) is 0 Å². The third-order valence-corrected chi connectivity index (χ3v) is 5.66. The van der Waals surface area contributed by atoms with E-state index in [2.05, 4.69) is 15.6 Å². The number of likely N-dealkylation sites (N-methyl/N-ethyl adjacent to an activating group) is 1. The zero-order valence-electron chi connectivity index (χ0n) is 18.1. The van der Waals surface area contributed by atoms with E-state index in [-0.39, 0.29) is 18.0 Å². The van der Waals surface area contributed by atoms with Crippen molar-refractivity contribution >= 4 is 11.9 Å². The highest BCUT2D eigenvalue weighted by molar-refractivity contribution is 5.85. The summed E-state index contributed by atoms with van der Waals surface area (Å²) >= 11 is 0. The molecule has 1 fully saturated rings. The fraction of sp³-hybridized carbons (Fsp3) is 0.619. The summed E-state index contributed by atoms with van der Waals surface area (Å²) in [5.74, 6) is -0.520. The minimum Gasteiger partial charge on any atom is -0.355 e. The lowest BCUT2D eigenvalue weighted by atomic mass is 9.84. The van der Waals surface area contributed by atoms with Crippen LogP contribution in [0, 0.1) is 17.0 Å². The fourth-order valence-corrected chi connectivity index (χ4v) is 4.03. The first-order chi connectivity index (χ1) is 13.7. The normalized spacial score (nSPS) is 17.3. The van der Waals surface area contributed by atoms with Crippen molar-refractivity contribution < 1.29 is 13.6 Å². The molecule has 1 aromatic carbocycles. The molecule has 2 rings (SSSR count). The molecule has 0 aromatic heterocycles. The van der Waals surface area contributed by atoms with Gasteiger partial charge in [0.15, 0.2) is 5.96 Å². The molecule has 6 nitrogen and oxygen atoms in total. The number of carbonyl (C=O) groups excluding carboxylic acids is 1. The Bertz CT molecular complexity index is 710. The Balaban J connectivity index is 2.06. The second-order valence-electron chi connectivity index (χ2n) is 8.11. The van der Waals surface area contributed by atoms with Gasteiger partial charge < -0.3 is 20.4 Å². The maximum atomic E-state index is 14.3. The van der Waals surface area contributed by atoms with Gasteiger partial charge in [-0.2, -0.15) is 0 Å². The molecule has 1 amide bonds. The highest BCUT2D eigenvalue weighted by Gasteiger charge is 2.42. The van der Waals surface area contributed by atoms with Crippen molar-refractivity contribution in [1.29, 1.82) is 0 Å².